The first kappa shape index (κ1) is 26.8. The van der Waals surface area contributed by atoms with Crippen LogP contribution in [0.1, 0.15) is 39.2 Å². The Labute approximate surface area is 223 Å². The van der Waals surface area contributed by atoms with E-state index in [1.807, 2.05) is 13.8 Å². The fraction of sp³-hybridized carbons (Fsp3) is 0.385. The number of ether oxygens (including phenoxy) is 2. The summed E-state index contributed by atoms with van der Waals surface area (Å²) in [5.74, 6) is 0.0972. The van der Waals surface area contributed by atoms with Gasteiger partial charge >= 0.3 is 17.3 Å². The number of rotatable bonds is 9. The van der Waals surface area contributed by atoms with E-state index >= 15 is 0 Å². The Morgan fingerprint density at radius 2 is 1.81 bits per heavy atom. The highest BCUT2D eigenvalue weighted by Crippen LogP contribution is 2.47. The van der Waals surface area contributed by atoms with Gasteiger partial charge in [-0.15, -0.1) is 0 Å². The molecule has 37 heavy (non-hydrogen) atoms. The van der Waals surface area contributed by atoms with Gasteiger partial charge in [0.05, 0.1) is 35.4 Å². The monoisotopic (exact) mass is 546 g/mol. The van der Waals surface area contributed by atoms with Gasteiger partial charge in [-0.1, -0.05) is 35.3 Å². The van der Waals surface area contributed by atoms with E-state index in [4.69, 9.17) is 32.7 Å². The molecule has 1 aliphatic rings. The fourth-order valence-electron chi connectivity index (χ4n) is 3.89. The molecule has 0 unspecified atom stereocenters. The Morgan fingerprint density at radius 1 is 1.11 bits per heavy atom. The molecule has 1 saturated carbocycles. The second-order valence-corrected chi connectivity index (χ2v) is 10.1. The molecule has 0 bridgehead atoms. The number of aromatic amines is 1. The van der Waals surface area contributed by atoms with Crippen molar-refractivity contribution in [2.24, 2.45) is 10.4 Å². The van der Waals surface area contributed by atoms with Crippen LogP contribution in [-0.2, 0) is 22.6 Å². The maximum atomic E-state index is 13.6. The van der Waals surface area contributed by atoms with Gasteiger partial charge in [0.2, 0.25) is 5.62 Å². The fourth-order valence-corrected chi connectivity index (χ4v) is 4.24. The molecule has 1 N–H and O–H groups in total. The minimum Gasteiger partial charge on any atom is -0.489 e. The van der Waals surface area contributed by atoms with E-state index in [2.05, 4.69) is 9.98 Å². The number of carbonyl (C=O) groups is 1. The lowest BCUT2D eigenvalue weighted by Crippen LogP contribution is -2.51. The number of nitrogens with one attached hydrogen (secondary N) is 1. The molecule has 1 aromatic heterocycles. The summed E-state index contributed by atoms with van der Waals surface area (Å²) in [5, 5.41) is 0.904. The third kappa shape index (κ3) is 6.17. The van der Waals surface area contributed by atoms with E-state index in [9.17, 15) is 14.4 Å². The predicted molar refractivity (Wildman–Crippen MR) is 141 cm³/mol. The van der Waals surface area contributed by atoms with Gasteiger partial charge in [0.25, 0.3) is 0 Å². The highest BCUT2D eigenvalue weighted by atomic mass is 35.5. The van der Waals surface area contributed by atoms with Crippen LogP contribution < -0.4 is 21.7 Å². The molecule has 0 radical (unpaired) electrons. The summed E-state index contributed by atoms with van der Waals surface area (Å²) < 4.78 is 13.2. The molecule has 0 saturated heterocycles. The van der Waals surface area contributed by atoms with Gasteiger partial charge in [0, 0.05) is 11.6 Å². The van der Waals surface area contributed by atoms with Crippen LogP contribution in [-0.4, -0.2) is 32.8 Å². The number of hydrogen-bond donors (Lipinski definition) is 1. The molecule has 1 heterocycles. The van der Waals surface area contributed by atoms with Crippen LogP contribution in [0.4, 0.5) is 5.69 Å². The summed E-state index contributed by atoms with van der Waals surface area (Å²) >= 11 is 12.4. The molecule has 2 aromatic carbocycles. The summed E-state index contributed by atoms with van der Waals surface area (Å²) in [6, 6.07) is 11.9. The van der Waals surface area contributed by atoms with Gasteiger partial charge in [0.1, 0.15) is 5.75 Å². The Bertz CT molecular complexity index is 1480. The summed E-state index contributed by atoms with van der Waals surface area (Å²) in [6.07, 6.45) is 1.03. The van der Waals surface area contributed by atoms with Gasteiger partial charge < -0.3 is 9.47 Å². The van der Waals surface area contributed by atoms with E-state index in [0.717, 1.165) is 10.1 Å². The van der Waals surface area contributed by atoms with Crippen molar-refractivity contribution in [3.8, 4) is 5.75 Å². The van der Waals surface area contributed by atoms with Crippen molar-refractivity contribution in [1.29, 1.82) is 0 Å². The topological polar surface area (TPSA) is 108 Å². The molecule has 9 nitrogen and oxygen atoms in total. The lowest BCUT2D eigenvalue weighted by molar-refractivity contribution is -0.150. The molecule has 4 rings (SSSR count). The van der Waals surface area contributed by atoms with E-state index in [1.165, 1.54) is 4.57 Å². The van der Waals surface area contributed by atoms with E-state index in [-0.39, 0.29) is 31.4 Å². The van der Waals surface area contributed by atoms with Crippen molar-refractivity contribution >= 4 is 34.9 Å². The van der Waals surface area contributed by atoms with Gasteiger partial charge in [-0.05, 0) is 69.5 Å². The molecule has 0 spiro atoms. The van der Waals surface area contributed by atoms with Crippen LogP contribution in [0, 0.1) is 5.41 Å². The Kier molecular flexibility index (Phi) is 7.94. The molecular weight excluding hydrogens is 519 g/mol. The number of benzene rings is 2. The summed E-state index contributed by atoms with van der Waals surface area (Å²) in [4.78, 5) is 46.4. The number of nitrogens with zero attached hydrogens (tertiary/aromatic N) is 3. The highest BCUT2D eigenvalue weighted by Gasteiger charge is 2.52. The second kappa shape index (κ2) is 11.0. The summed E-state index contributed by atoms with van der Waals surface area (Å²) in [5.41, 5.74) is -0.911. The third-order valence-corrected chi connectivity index (χ3v) is 6.52. The van der Waals surface area contributed by atoms with Crippen LogP contribution in [0.3, 0.4) is 0 Å². The first-order valence-corrected chi connectivity index (χ1v) is 12.7. The maximum Gasteiger partial charge on any atom is 0.335 e. The molecule has 1 fully saturated rings. The van der Waals surface area contributed by atoms with Gasteiger partial charge in [-0.3, -0.25) is 14.3 Å². The largest absolute Gasteiger partial charge is 0.489 e. The lowest BCUT2D eigenvalue weighted by atomic mass is 10.1. The Morgan fingerprint density at radius 3 is 2.41 bits per heavy atom. The van der Waals surface area contributed by atoms with Crippen LogP contribution in [0.5, 0.6) is 5.75 Å². The Balaban J connectivity index is 1.81. The van der Waals surface area contributed by atoms with Crippen molar-refractivity contribution in [1.82, 2.24) is 14.1 Å². The van der Waals surface area contributed by atoms with Crippen molar-refractivity contribution < 1.29 is 14.3 Å². The average Bonchev–Trinajstić information content (AvgIpc) is 3.63. The van der Waals surface area contributed by atoms with Crippen LogP contribution >= 0.6 is 23.2 Å². The van der Waals surface area contributed by atoms with Crippen molar-refractivity contribution in [2.75, 3.05) is 6.61 Å². The number of H-pyrrole nitrogens is 1. The molecule has 1 aliphatic carbocycles. The SMILES string of the molecule is CCOC(=O)C1(Cn2c(=O)[nH]/c(=N\c3ccc(OC(C)C)c(Cl)c3)n(Cc3ccc(Cl)cc3)c2=O)CC1. The maximum absolute atomic E-state index is 13.6. The normalized spacial score (nSPS) is 14.6. The molecule has 196 valence electrons. The van der Waals surface area contributed by atoms with E-state index in [1.54, 1.807) is 49.4 Å². The number of aromatic nitrogens is 3. The van der Waals surface area contributed by atoms with Gasteiger partial charge in [-0.2, -0.15) is 0 Å². The van der Waals surface area contributed by atoms with Crippen LogP contribution in [0.2, 0.25) is 10.0 Å². The zero-order valence-electron chi connectivity index (χ0n) is 20.8. The summed E-state index contributed by atoms with van der Waals surface area (Å²) in [7, 11) is 0. The minimum atomic E-state index is -0.872. The quantitative estimate of drug-likeness (QED) is 0.407. The molecular formula is C26H28Cl2N4O5. The first-order chi connectivity index (χ1) is 17.6. The van der Waals surface area contributed by atoms with Gasteiger partial charge in [-0.25, -0.2) is 19.1 Å². The molecule has 0 atom stereocenters. The first-order valence-electron chi connectivity index (χ1n) is 12.0. The Hall–Kier alpha value is -3.30. The van der Waals surface area contributed by atoms with Gasteiger partial charge in [0.15, 0.2) is 0 Å². The second-order valence-electron chi connectivity index (χ2n) is 9.23. The smallest absolute Gasteiger partial charge is 0.335 e. The number of halogens is 2. The molecule has 0 amide bonds. The third-order valence-electron chi connectivity index (χ3n) is 5.97. The zero-order chi connectivity index (χ0) is 26.7. The molecule has 0 aliphatic heterocycles. The lowest BCUT2D eigenvalue weighted by Gasteiger charge is -2.16. The molecule has 11 heteroatoms. The van der Waals surface area contributed by atoms with Crippen molar-refractivity contribution in [3.05, 3.63) is 84.7 Å². The standard InChI is InChI=1S/C26H28Cl2N4O5/c1-4-36-22(33)26(11-12-26)15-32-24(34)30-23(29-19-9-10-21(20(28)13-19)37-16(2)3)31(25(32)35)14-17-5-7-18(27)8-6-17/h5-10,13,16H,4,11-12,14-15H2,1-3H3,(H,29,30,34). The van der Waals surface area contributed by atoms with E-state index in [0.29, 0.717) is 34.3 Å². The number of hydrogen-bond acceptors (Lipinski definition) is 6. The predicted octanol–water partition coefficient (Wildman–Crippen LogP) is 4.06. The van der Waals surface area contributed by atoms with Crippen LogP contribution in [0.25, 0.3) is 0 Å². The van der Waals surface area contributed by atoms with Crippen molar-refractivity contribution in [3.63, 3.8) is 0 Å². The zero-order valence-corrected chi connectivity index (χ0v) is 22.3. The van der Waals surface area contributed by atoms with Crippen LogP contribution in [0.15, 0.2) is 57.0 Å². The number of esters is 1. The minimum absolute atomic E-state index is 0.0378. The summed E-state index contributed by atoms with van der Waals surface area (Å²) in [6.45, 7) is 5.76. The van der Waals surface area contributed by atoms with Crippen molar-refractivity contribution in [2.45, 2.75) is 52.8 Å². The highest BCUT2D eigenvalue weighted by molar-refractivity contribution is 6.32. The van der Waals surface area contributed by atoms with E-state index < -0.39 is 22.8 Å². The average molecular weight is 547 g/mol. The number of carbonyl (C=O) groups excluding carboxylic acids is 1. The molecule has 3 aromatic rings.